The highest BCUT2D eigenvalue weighted by Gasteiger charge is 2.24. The largest absolute Gasteiger partial charge is 0.481 e. The number of fused-ring (bicyclic) bond motifs is 1. The summed E-state index contributed by atoms with van der Waals surface area (Å²) >= 11 is 1.23. The number of ether oxygens (including phenoxy) is 1. The number of para-hydroxylation sites is 1. The van der Waals surface area contributed by atoms with E-state index in [9.17, 15) is 9.59 Å². The molecule has 4 rings (SSSR count). The van der Waals surface area contributed by atoms with Crippen LogP contribution in [0.25, 0.3) is 16.8 Å². The quantitative estimate of drug-likeness (QED) is 0.623. The van der Waals surface area contributed by atoms with Gasteiger partial charge < -0.3 is 15.2 Å². The van der Waals surface area contributed by atoms with Gasteiger partial charge in [0, 0.05) is 5.56 Å². The van der Waals surface area contributed by atoms with E-state index < -0.39 is 12.6 Å². The maximum atomic E-state index is 12.4. The van der Waals surface area contributed by atoms with Crippen molar-refractivity contribution in [2.24, 2.45) is 4.99 Å². The third kappa shape index (κ3) is 4.47. The molecule has 29 heavy (non-hydrogen) atoms. The van der Waals surface area contributed by atoms with Crippen LogP contribution >= 0.6 is 11.8 Å². The number of rotatable bonds is 5. The molecule has 1 fully saturated rings. The molecule has 0 saturated carbocycles. The molecule has 0 bridgehead atoms. The molecule has 144 valence electrons. The number of nitrogens with one attached hydrogen (secondary N) is 1. The second-order valence-electron chi connectivity index (χ2n) is 6.24. The third-order valence-corrected chi connectivity index (χ3v) is 5.06. The number of amides is 1. The number of carbonyl (C=O) groups is 2. The Bertz CT molecular complexity index is 1160. The minimum Gasteiger partial charge on any atom is -0.481 e. The van der Waals surface area contributed by atoms with Gasteiger partial charge in [-0.3, -0.25) is 4.79 Å². The number of amidine groups is 1. The van der Waals surface area contributed by atoms with Gasteiger partial charge in [0.2, 0.25) is 0 Å². The first-order valence-corrected chi connectivity index (χ1v) is 9.62. The summed E-state index contributed by atoms with van der Waals surface area (Å²) in [5, 5.41) is 14.1. The molecule has 7 heteroatoms. The van der Waals surface area contributed by atoms with Crippen molar-refractivity contribution >= 4 is 51.3 Å². The molecule has 0 aliphatic carbocycles. The maximum Gasteiger partial charge on any atom is 0.341 e. The highest BCUT2D eigenvalue weighted by Crippen LogP contribution is 2.33. The van der Waals surface area contributed by atoms with Gasteiger partial charge in [-0.15, -0.1) is 0 Å². The van der Waals surface area contributed by atoms with E-state index >= 15 is 0 Å². The summed E-state index contributed by atoms with van der Waals surface area (Å²) in [6.45, 7) is -0.464. The van der Waals surface area contributed by atoms with Crippen LogP contribution < -0.4 is 10.1 Å². The van der Waals surface area contributed by atoms with Crippen LogP contribution in [-0.2, 0) is 9.59 Å². The molecule has 1 saturated heterocycles. The Hall–Kier alpha value is -3.58. The van der Waals surface area contributed by atoms with Gasteiger partial charge in [-0.2, -0.15) is 0 Å². The van der Waals surface area contributed by atoms with Crippen molar-refractivity contribution in [3.63, 3.8) is 0 Å². The van der Waals surface area contributed by atoms with Gasteiger partial charge in [-0.25, -0.2) is 9.79 Å². The zero-order valence-electron chi connectivity index (χ0n) is 15.2. The number of aliphatic carboxylic acids is 1. The smallest absolute Gasteiger partial charge is 0.341 e. The Kier molecular flexibility index (Phi) is 5.31. The molecule has 1 aliphatic rings. The molecule has 0 radical (unpaired) electrons. The Labute approximate surface area is 170 Å². The van der Waals surface area contributed by atoms with Gasteiger partial charge >= 0.3 is 5.97 Å². The van der Waals surface area contributed by atoms with Gasteiger partial charge in [0.05, 0.1) is 10.6 Å². The normalized spacial score (nSPS) is 16.3. The number of benzene rings is 3. The van der Waals surface area contributed by atoms with Gasteiger partial charge in [-0.05, 0) is 52.9 Å². The standard InChI is InChI=1S/C22H16N2O4S/c25-20(26)13-28-18-11-15-7-5-4-6-14(15)10-16(18)12-19-21(27)24-22(29-19)23-17-8-2-1-3-9-17/h1-12H,13H2,(H,25,26)(H,23,24,27)/b19-12+. The number of hydrogen-bond acceptors (Lipinski definition) is 5. The predicted octanol–water partition coefficient (Wildman–Crippen LogP) is 4.19. The molecular weight excluding hydrogens is 388 g/mol. The topological polar surface area (TPSA) is 88.0 Å². The molecule has 3 aromatic carbocycles. The fourth-order valence-corrected chi connectivity index (χ4v) is 3.69. The van der Waals surface area contributed by atoms with Crippen molar-refractivity contribution in [3.05, 3.63) is 77.2 Å². The minimum absolute atomic E-state index is 0.262. The van der Waals surface area contributed by atoms with E-state index in [1.165, 1.54) is 11.8 Å². The van der Waals surface area contributed by atoms with Crippen molar-refractivity contribution in [2.45, 2.75) is 0 Å². The van der Waals surface area contributed by atoms with Crippen LogP contribution in [0.2, 0.25) is 0 Å². The van der Waals surface area contributed by atoms with Crippen molar-refractivity contribution in [1.82, 2.24) is 5.32 Å². The first-order valence-electron chi connectivity index (χ1n) is 8.80. The summed E-state index contributed by atoms with van der Waals surface area (Å²) in [5.74, 6) is -0.926. The fraction of sp³-hybridized carbons (Fsp3) is 0.0455. The predicted molar refractivity (Wildman–Crippen MR) is 114 cm³/mol. The summed E-state index contributed by atoms with van der Waals surface area (Å²) in [6, 6.07) is 20.7. The van der Waals surface area contributed by atoms with E-state index in [1.54, 1.807) is 12.1 Å². The molecule has 6 nitrogen and oxygen atoms in total. The van der Waals surface area contributed by atoms with E-state index in [0.717, 1.165) is 16.5 Å². The van der Waals surface area contributed by atoms with Crippen molar-refractivity contribution in [1.29, 1.82) is 0 Å². The molecule has 1 heterocycles. The van der Waals surface area contributed by atoms with Crippen LogP contribution in [0.5, 0.6) is 5.75 Å². The molecular formula is C22H16N2O4S. The van der Waals surface area contributed by atoms with Crippen LogP contribution in [0.15, 0.2) is 76.6 Å². The molecule has 0 aromatic heterocycles. The van der Waals surface area contributed by atoms with Crippen LogP contribution in [0.3, 0.4) is 0 Å². The van der Waals surface area contributed by atoms with Crippen LogP contribution in [0.4, 0.5) is 5.69 Å². The van der Waals surface area contributed by atoms with E-state index in [-0.39, 0.29) is 5.91 Å². The lowest BCUT2D eigenvalue weighted by atomic mass is 10.1. The number of nitrogens with zero attached hydrogens (tertiary/aromatic N) is 1. The number of carboxylic acid groups (broad SMARTS) is 1. The van der Waals surface area contributed by atoms with Crippen molar-refractivity contribution < 1.29 is 19.4 Å². The van der Waals surface area contributed by atoms with Crippen LogP contribution in [-0.4, -0.2) is 28.8 Å². The van der Waals surface area contributed by atoms with E-state index in [1.807, 2.05) is 60.7 Å². The van der Waals surface area contributed by atoms with Crippen LogP contribution in [0, 0.1) is 0 Å². The molecule has 2 N–H and O–H groups in total. The summed E-state index contributed by atoms with van der Waals surface area (Å²) < 4.78 is 5.46. The zero-order valence-corrected chi connectivity index (χ0v) is 16.0. The Balaban J connectivity index is 1.69. The molecule has 0 spiro atoms. The summed E-state index contributed by atoms with van der Waals surface area (Å²) in [5.41, 5.74) is 1.37. The molecule has 1 aliphatic heterocycles. The lowest BCUT2D eigenvalue weighted by Crippen LogP contribution is -2.19. The zero-order chi connectivity index (χ0) is 20.2. The van der Waals surface area contributed by atoms with Gasteiger partial charge in [0.25, 0.3) is 5.91 Å². The van der Waals surface area contributed by atoms with Gasteiger partial charge in [-0.1, -0.05) is 42.5 Å². The average Bonchev–Trinajstić information content (AvgIpc) is 3.05. The Morgan fingerprint density at radius 3 is 2.48 bits per heavy atom. The first-order chi connectivity index (χ1) is 14.1. The monoisotopic (exact) mass is 404 g/mol. The lowest BCUT2D eigenvalue weighted by molar-refractivity contribution is -0.139. The number of hydrogen-bond donors (Lipinski definition) is 2. The number of carboxylic acids is 1. The van der Waals surface area contributed by atoms with E-state index in [4.69, 9.17) is 9.84 Å². The van der Waals surface area contributed by atoms with Gasteiger partial charge in [0.15, 0.2) is 11.8 Å². The van der Waals surface area contributed by atoms with Crippen molar-refractivity contribution in [3.8, 4) is 5.75 Å². The van der Waals surface area contributed by atoms with Crippen molar-refractivity contribution in [2.75, 3.05) is 6.61 Å². The molecule has 3 aromatic rings. The molecule has 0 atom stereocenters. The summed E-state index contributed by atoms with van der Waals surface area (Å²) in [4.78, 5) is 28.2. The Morgan fingerprint density at radius 1 is 1.07 bits per heavy atom. The van der Waals surface area contributed by atoms with E-state index in [2.05, 4.69) is 10.3 Å². The third-order valence-electron chi connectivity index (χ3n) is 4.15. The fourth-order valence-electron chi connectivity index (χ4n) is 2.86. The summed E-state index contributed by atoms with van der Waals surface area (Å²) in [6.07, 6.45) is 1.69. The second-order valence-corrected chi connectivity index (χ2v) is 7.27. The maximum absolute atomic E-state index is 12.4. The minimum atomic E-state index is -1.07. The number of thioether (sulfide) groups is 1. The van der Waals surface area contributed by atoms with E-state index in [0.29, 0.717) is 21.4 Å². The highest BCUT2D eigenvalue weighted by molar-refractivity contribution is 8.18. The average molecular weight is 404 g/mol. The SMILES string of the molecule is O=C(O)COc1cc2ccccc2cc1/C=C1/SC(=Nc2ccccc2)NC1=O. The molecule has 1 amide bonds. The number of carbonyl (C=O) groups excluding carboxylic acids is 1. The number of aliphatic imine (C=N–C) groups is 1. The molecule has 0 unspecified atom stereocenters. The van der Waals surface area contributed by atoms with Crippen LogP contribution in [0.1, 0.15) is 5.56 Å². The Morgan fingerprint density at radius 2 is 1.76 bits per heavy atom. The highest BCUT2D eigenvalue weighted by atomic mass is 32.2. The lowest BCUT2D eigenvalue weighted by Gasteiger charge is -2.10. The van der Waals surface area contributed by atoms with Gasteiger partial charge in [0.1, 0.15) is 5.75 Å². The first kappa shape index (κ1) is 18.8. The summed E-state index contributed by atoms with van der Waals surface area (Å²) in [7, 11) is 0. The second kappa shape index (κ2) is 8.20.